The highest BCUT2D eigenvalue weighted by Gasteiger charge is 2.18. The number of halogens is 2. The maximum absolute atomic E-state index is 12.2. The third-order valence-electron chi connectivity index (χ3n) is 2.53. The summed E-state index contributed by atoms with van der Waals surface area (Å²) in [6, 6.07) is 4.76. The molecule has 0 bridgehead atoms. The number of amides is 1. The molecule has 0 radical (unpaired) electrons. The topological polar surface area (TPSA) is 80.9 Å². The third-order valence-corrected chi connectivity index (χ3v) is 4.03. The lowest BCUT2D eigenvalue weighted by atomic mass is 10.2. The fourth-order valence-corrected chi connectivity index (χ4v) is 2.79. The molecule has 0 saturated carbocycles. The molecule has 0 fully saturated rings. The first-order valence-corrected chi connectivity index (χ1v) is 7.60. The molecule has 8 heteroatoms. The Morgan fingerprint density at radius 3 is 2.62 bits per heavy atom. The average Bonchev–Trinajstić information content (AvgIpc) is 2.43. The number of anilines is 2. The van der Waals surface area contributed by atoms with Crippen LogP contribution in [0.15, 0.2) is 35.7 Å². The minimum Gasteiger partial charge on any atom is -0.397 e. The third kappa shape index (κ3) is 4.23. The highest BCUT2D eigenvalue weighted by molar-refractivity contribution is 8.00. The molecule has 1 amide bonds. The summed E-state index contributed by atoms with van der Waals surface area (Å²) in [7, 11) is 0. The summed E-state index contributed by atoms with van der Waals surface area (Å²) in [6.07, 6.45) is 3.24. The first kappa shape index (κ1) is 15.9. The Hall–Kier alpha value is -1.50. The Kier molecular flexibility index (Phi) is 5.27. The van der Waals surface area contributed by atoms with Crippen molar-refractivity contribution in [3.05, 3.63) is 40.6 Å². The van der Waals surface area contributed by atoms with Crippen LogP contribution in [0.25, 0.3) is 0 Å². The van der Waals surface area contributed by atoms with Crippen molar-refractivity contribution in [2.45, 2.75) is 17.3 Å². The second-order valence-electron chi connectivity index (χ2n) is 4.13. The fourth-order valence-electron chi connectivity index (χ4n) is 1.51. The van der Waals surface area contributed by atoms with E-state index in [-0.39, 0.29) is 5.91 Å². The first-order valence-electron chi connectivity index (χ1n) is 5.96. The number of nitrogens with two attached hydrogens (primary N) is 1. The number of hydrogen-bond donors (Lipinski definition) is 2. The quantitative estimate of drug-likeness (QED) is 0.505. The van der Waals surface area contributed by atoms with Gasteiger partial charge in [0.2, 0.25) is 5.91 Å². The zero-order chi connectivity index (χ0) is 15.4. The molecule has 1 aromatic heterocycles. The van der Waals surface area contributed by atoms with Gasteiger partial charge in [-0.1, -0.05) is 35.0 Å². The predicted octanol–water partition coefficient (Wildman–Crippen LogP) is 3.48. The lowest BCUT2D eigenvalue weighted by molar-refractivity contribution is -0.115. The standard InChI is InChI=1S/C13H12Cl2N4OS/c1-7(21-13-17-3-2-4-18-13)12(20)19-11-9(15)5-8(14)6-10(11)16/h2-7H,16H2,1H3,(H,19,20). The van der Waals surface area contributed by atoms with Gasteiger partial charge in [-0.25, -0.2) is 9.97 Å². The summed E-state index contributed by atoms with van der Waals surface area (Å²) in [5.41, 5.74) is 6.48. The summed E-state index contributed by atoms with van der Waals surface area (Å²) >= 11 is 13.1. The summed E-state index contributed by atoms with van der Waals surface area (Å²) in [6.45, 7) is 1.75. The molecule has 2 aromatic rings. The van der Waals surface area contributed by atoms with Crippen LogP contribution in [-0.4, -0.2) is 21.1 Å². The number of nitrogens with zero attached hydrogens (tertiary/aromatic N) is 2. The molecular weight excluding hydrogens is 331 g/mol. The van der Waals surface area contributed by atoms with Gasteiger partial charge in [-0.05, 0) is 25.1 Å². The van der Waals surface area contributed by atoms with Crippen LogP contribution in [0.4, 0.5) is 11.4 Å². The van der Waals surface area contributed by atoms with Gasteiger partial charge in [-0.3, -0.25) is 4.79 Å². The average molecular weight is 343 g/mol. The summed E-state index contributed by atoms with van der Waals surface area (Å²) in [4.78, 5) is 20.3. The molecule has 1 heterocycles. The van der Waals surface area contributed by atoms with E-state index in [0.29, 0.717) is 26.6 Å². The van der Waals surface area contributed by atoms with Crippen molar-refractivity contribution in [3.8, 4) is 0 Å². The molecule has 21 heavy (non-hydrogen) atoms. The molecule has 0 saturated heterocycles. The molecule has 2 rings (SSSR count). The fraction of sp³-hybridized carbons (Fsp3) is 0.154. The van der Waals surface area contributed by atoms with Crippen molar-refractivity contribution < 1.29 is 4.79 Å². The number of nitrogens with one attached hydrogen (secondary N) is 1. The monoisotopic (exact) mass is 342 g/mol. The van der Waals surface area contributed by atoms with E-state index in [4.69, 9.17) is 28.9 Å². The van der Waals surface area contributed by atoms with E-state index in [1.54, 1.807) is 25.4 Å². The van der Waals surface area contributed by atoms with E-state index in [1.165, 1.54) is 23.9 Å². The molecule has 1 aromatic carbocycles. The molecule has 5 nitrogen and oxygen atoms in total. The lowest BCUT2D eigenvalue weighted by Crippen LogP contribution is -2.23. The van der Waals surface area contributed by atoms with Crippen molar-refractivity contribution in [2.75, 3.05) is 11.1 Å². The maximum Gasteiger partial charge on any atom is 0.237 e. The molecule has 0 aliphatic heterocycles. The van der Waals surface area contributed by atoms with Gasteiger partial charge >= 0.3 is 0 Å². The van der Waals surface area contributed by atoms with Gasteiger partial charge in [0, 0.05) is 17.4 Å². The van der Waals surface area contributed by atoms with E-state index in [2.05, 4.69) is 15.3 Å². The van der Waals surface area contributed by atoms with Crippen LogP contribution in [0.1, 0.15) is 6.92 Å². The van der Waals surface area contributed by atoms with Gasteiger partial charge in [-0.2, -0.15) is 0 Å². The second-order valence-corrected chi connectivity index (χ2v) is 6.28. The lowest BCUT2D eigenvalue weighted by Gasteiger charge is -2.14. The van der Waals surface area contributed by atoms with Gasteiger partial charge in [0.05, 0.1) is 21.6 Å². The van der Waals surface area contributed by atoms with Crippen molar-refractivity contribution >= 4 is 52.2 Å². The van der Waals surface area contributed by atoms with E-state index in [1.807, 2.05) is 0 Å². The van der Waals surface area contributed by atoms with E-state index in [0.717, 1.165) is 0 Å². The molecule has 0 spiro atoms. The van der Waals surface area contributed by atoms with Gasteiger partial charge in [0.25, 0.3) is 0 Å². The predicted molar refractivity (Wildman–Crippen MR) is 86.9 cm³/mol. The van der Waals surface area contributed by atoms with Crippen molar-refractivity contribution in [1.82, 2.24) is 9.97 Å². The van der Waals surface area contributed by atoms with Crippen LogP contribution in [0, 0.1) is 0 Å². The SMILES string of the molecule is CC(Sc1ncccn1)C(=O)Nc1c(N)cc(Cl)cc1Cl. The van der Waals surface area contributed by atoms with Gasteiger partial charge in [-0.15, -0.1) is 0 Å². The molecule has 1 atom stereocenters. The van der Waals surface area contributed by atoms with Crippen LogP contribution >= 0.6 is 35.0 Å². The first-order chi connectivity index (χ1) is 9.97. The highest BCUT2D eigenvalue weighted by atomic mass is 35.5. The molecule has 1 unspecified atom stereocenters. The van der Waals surface area contributed by atoms with Crippen LogP contribution in [0.5, 0.6) is 0 Å². The van der Waals surface area contributed by atoms with Gasteiger partial charge in [0.1, 0.15) is 0 Å². The normalized spacial score (nSPS) is 12.0. The van der Waals surface area contributed by atoms with E-state index in [9.17, 15) is 4.79 Å². The summed E-state index contributed by atoms with van der Waals surface area (Å²) in [5.74, 6) is -0.247. The van der Waals surface area contributed by atoms with Crippen molar-refractivity contribution in [2.24, 2.45) is 0 Å². The smallest absolute Gasteiger partial charge is 0.237 e. The molecule has 0 aliphatic rings. The summed E-state index contributed by atoms with van der Waals surface area (Å²) < 4.78 is 0. The van der Waals surface area contributed by atoms with Crippen molar-refractivity contribution in [1.29, 1.82) is 0 Å². The minimum absolute atomic E-state index is 0.247. The Bertz CT molecular complexity index is 631. The maximum atomic E-state index is 12.2. The number of aromatic nitrogens is 2. The van der Waals surface area contributed by atoms with Crippen molar-refractivity contribution in [3.63, 3.8) is 0 Å². The summed E-state index contributed by atoms with van der Waals surface area (Å²) in [5, 5.41) is 3.52. The van der Waals surface area contributed by atoms with E-state index < -0.39 is 5.25 Å². The molecule has 110 valence electrons. The number of hydrogen-bond acceptors (Lipinski definition) is 5. The zero-order valence-corrected chi connectivity index (χ0v) is 13.3. The number of thioether (sulfide) groups is 1. The van der Waals surface area contributed by atoms with Crippen LogP contribution < -0.4 is 11.1 Å². The minimum atomic E-state index is -0.404. The van der Waals surface area contributed by atoms with Crippen LogP contribution in [0.3, 0.4) is 0 Å². The van der Waals surface area contributed by atoms with Gasteiger partial charge < -0.3 is 11.1 Å². The largest absolute Gasteiger partial charge is 0.397 e. The Balaban J connectivity index is 2.08. The Labute approximate surface area is 136 Å². The number of rotatable bonds is 4. The molecule has 3 N–H and O–H groups in total. The van der Waals surface area contributed by atoms with Crippen LogP contribution in [0.2, 0.25) is 10.0 Å². The number of nitrogen functional groups attached to an aromatic ring is 1. The van der Waals surface area contributed by atoms with Crippen LogP contribution in [-0.2, 0) is 4.79 Å². The van der Waals surface area contributed by atoms with E-state index >= 15 is 0 Å². The number of carbonyl (C=O) groups excluding carboxylic acids is 1. The number of carbonyl (C=O) groups is 1. The highest BCUT2D eigenvalue weighted by Crippen LogP contribution is 2.32. The second kappa shape index (κ2) is 6.98. The number of benzene rings is 1. The Morgan fingerprint density at radius 2 is 2.00 bits per heavy atom. The Morgan fingerprint density at radius 1 is 1.33 bits per heavy atom. The zero-order valence-electron chi connectivity index (χ0n) is 11.0. The van der Waals surface area contributed by atoms with Gasteiger partial charge in [0.15, 0.2) is 5.16 Å². The molecular formula is C13H12Cl2N4OS. The molecule has 0 aliphatic carbocycles.